The molecule has 1 aromatic carbocycles. The van der Waals surface area contributed by atoms with E-state index < -0.39 is 12.1 Å². The maximum absolute atomic E-state index is 14.0. The highest BCUT2D eigenvalue weighted by Crippen LogP contribution is 2.29. The van der Waals surface area contributed by atoms with Gasteiger partial charge in [0.1, 0.15) is 6.04 Å². The predicted molar refractivity (Wildman–Crippen MR) is 221 cm³/mol. The molecule has 0 aliphatic carbocycles. The largest absolute Gasteiger partial charge is 0.379 e. The van der Waals surface area contributed by atoms with Gasteiger partial charge in [0, 0.05) is 33.9 Å². The maximum atomic E-state index is 14.0. The standard InChI is InChI=1S/C31H60N4O5.C10H13NO.C2H6/c1-14-22(8)28(24(39-12)18-25(36)35-17-15-16-23(35)29(40-13)21(6)7)34(11)31(38)26(19(2)3)32-30(37)27(20(4)5)33(9)10;1-9(11-8-12)7-10-5-3-2-4-6-10;1-2/h19-24,26-29H,14-18H2,1-13H3,(H,32,37);2-6,8-9H,7H2,1H3,(H,11,12);1-2H3. The van der Waals surface area contributed by atoms with Gasteiger partial charge in [-0.15, -0.1) is 0 Å². The first-order chi connectivity index (χ1) is 25.5. The van der Waals surface area contributed by atoms with Crippen LogP contribution in [0.4, 0.5) is 0 Å². The molecule has 2 N–H and O–H groups in total. The smallest absolute Gasteiger partial charge is 0.245 e. The fraction of sp³-hybridized carbons (Fsp3) is 0.767. The summed E-state index contributed by atoms with van der Waals surface area (Å²) in [5.74, 6) is 0.0725. The van der Waals surface area contributed by atoms with Crippen molar-refractivity contribution in [3.8, 4) is 0 Å². The number of nitrogens with one attached hydrogen (secondary N) is 2. The highest BCUT2D eigenvalue weighted by Gasteiger charge is 2.41. The average Bonchev–Trinajstić information content (AvgIpc) is 3.60. The second kappa shape index (κ2) is 26.7. The lowest BCUT2D eigenvalue weighted by Crippen LogP contribution is -2.59. The maximum Gasteiger partial charge on any atom is 0.245 e. The number of benzene rings is 1. The summed E-state index contributed by atoms with van der Waals surface area (Å²) in [7, 11) is 8.87. The van der Waals surface area contributed by atoms with Crippen molar-refractivity contribution in [3.63, 3.8) is 0 Å². The Morgan fingerprint density at radius 3 is 1.94 bits per heavy atom. The summed E-state index contributed by atoms with van der Waals surface area (Å²) in [5.41, 5.74) is 1.25. The molecule has 0 saturated carbocycles. The Bertz CT molecular complexity index is 1190. The molecule has 11 nitrogen and oxygen atoms in total. The third kappa shape index (κ3) is 16.0. The van der Waals surface area contributed by atoms with Crippen LogP contribution in [-0.2, 0) is 35.1 Å². The Morgan fingerprint density at radius 2 is 1.50 bits per heavy atom. The van der Waals surface area contributed by atoms with Crippen LogP contribution in [0.3, 0.4) is 0 Å². The first-order valence-corrected chi connectivity index (χ1v) is 20.3. The minimum atomic E-state index is -0.685. The van der Waals surface area contributed by atoms with Gasteiger partial charge in [0.25, 0.3) is 0 Å². The average molecular weight is 762 g/mol. The van der Waals surface area contributed by atoms with Crippen molar-refractivity contribution >= 4 is 24.1 Å². The summed E-state index contributed by atoms with van der Waals surface area (Å²) < 4.78 is 11.8. The predicted octanol–water partition coefficient (Wildman–Crippen LogP) is 6.04. The van der Waals surface area contributed by atoms with Gasteiger partial charge in [0.15, 0.2) is 0 Å². The van der Waals surface area contributed by atoms with Gasteiger partial charge >= 0.3 is 0 Å². The minimum Gasteiger partial charge on any atom is -0.379 e. The number of hydrogen-bond acceptors (Lipinski definition) is 7. The molecule has 54 heavy (non-hydrogen) atoms. The summed E-state index contributed by atoms with van der Waals surface area (Å²) in [6.45, 7) is 23.0. The van der Waals surface area contributed by atoms with Gasteiger partial charge in [-0.3, -0.25) is 24.1 Å². The van der Waals surface area contributed by atoms with Crippen molar-refractivity contribution in [2.75, 3.05) is 41.9 Å². The first kappa shape index (κ1) is 51.0. The van der Waals surface area contributed by atoms with Crippen molar-refractivity contribution < 1.29 is 28.7 Å². The van der Waals surface area contributed by atoms with E-state index in [1.54, 1.807) is 26.2 Å². The van der Waals surface area contributed by atoms with Gasteiger partial charge in [-0.1, -0.05) is 106 Å². The van der Waals surface area contributed by atoms with Crippen LogP contribution in [0.1, 0.15) is 107 Å². The van der Waals surface area contributed by atoms with E-state index in [0.717, 1.165) is 32.1 Å². The molecule has 1 fully saturated rings. The molecule has 0 radical (unpaired) electrons. The van der Waals surface area contributed by atoms with Gasteiger partial charge < -0.3 is 29.9 Å². The number of nitrogens with zero attached hydrogens (tertiary/aromatic N) is 3. The number of likely N-dealkylation sites (N-methyl/N-ethyl adjacent to an activating group) is 2. The van der Waals surface area contributed by atoms with E-state index in [0.29, 0.717) is 12.5 Å². The highest BCUT2D eigenvalue weighted by atomic mass is 16.5. The molecule has 1 heterocycles. The zero-order chi connectivity index (χ0) is 41.7. The fourth-order valence-electron chi connectivity index (χ4n) is 7.58. The minimum absolute atomic E-state index is 0.0192. The number of carbonyl (C=O) groups excluding carboxylic acids is 4. The van der Waals surface area contributed by atoms with E-state index in [9.17, 15) is 19.2 Å². The number of hydrogen-bond donors (Lipinski definition) is 2. The van der Waals surface area contributed by atoms with Gasteiger partial charge in [-0.05, 0) is 69.5 Å². The molecule has 312 valence electrons. The van der Waals surface area contributed by atoms with Crippen LogP contribution in [0.2, 0.25) is 0 Å². The SMILES string of the molecule is CC.CC(Cc1ccccc1)NC=O.CCC(C)C(C(CC(=O)N1CCCC1C(OC)C(C)C)OC)N(C)C(=O)C(NC(=O)C(C(C)C)N(C)C)C(C)C. The highest BCUT2D eigenvalue weighted by molar-refractivity contribution is 5.90. The van der Waals surface area contributed by atoms with Crippen molar-refractivity contribution in [2.24, 2.45) is 23.7 Å². The zero-order valence-corrected chi connectivity index (χ0v) is 36.8. The Morgan fingerprint density at radius 1 is 0.907 bits per heavy atom. The Labute approximate surface area is 329 Å². The number of amides is 4. The summed E-state index contributed by atoms with van der Waals surface area (Å²) in [6.07, 6.45) is 4.01. The van der Waals surface area contributed by atoms with Gasteiger partial charge in [-0.2, -0.15) is 0 Å². The molecular weight excluding hydrogens is 683 g/mol. The van der Waals surface area contributed by atoms with E-state index in [1.165, 1.54) is 5.56 Å². The van der Waals surface area contributed by atoms with Crippen molar-refractivity contribution in [1.29, 1.82) is 0 Å². The number of ether oxygens (including phenoxy) is 2. The molecule has 1 saturated heterocycles. The van der Waals surface area contributed by atoms with Crippen LogP contribution < -0.4 is 10.6 Å². The molecular formula is C43H79N5O6. The molecule has 0 aromatic heterocycles. The molecule has 1 aromatic rings. The van der Waals surface area contributed by atoms with Crippen LogP contribution in [0, 0.1) is 23.7 Å². The Balaban J connectivity index is 0.00000168. The summed E-state index contributed by atoms with van der Waals surface area (Å²) in [6, 6.07) is 9.01. The first-order valence-electron chi connectivity index (χ1n) is 20.3. The molecule has 1 aliphatic rings. The molecule has 4 amide bonds. The normalized spacial score (nSPS) is 18.0. The molecule has 11 heteroatoms. The summed E-state index contributed by atoms with van der Waals surface area (Å²) >= 11 is 0. The molecule has 1 aliphatic heterocycles. The van der Waals surface area contributed by atoms with E-state index in [1.807, 2.05) is 90.6 Å². The van der Waals surface area contributed by atoms with Gasteiger partial charge in [-0.25, -0.2) is 0 Å². The molecule has 8 atom stereocenters. The monoisotopic (exact) mass is 762 g/mol. The van der Waals surface area contributed by atoms with Gasteiger partial charge in [0.2, 0.25) is 24.1 Å². The topological polar surface area (TPSA) is 121 Å². The Hall–Kier alpha value is -3.02. The number of likely N-dealkylation sites (tertiary alicyclic amines) is 1. The van der Waals surface area contributed by atoms with Crippen molar-refractivity contribution in [3.05, 3.63) is 35.9 Å². The second-order valence-corrected chi connectivity index (χ2v) is 15.8. The van der Waals surface area contributed by atoms with E-state index in [-0.39, 0.29) is 72.2 Å². The fourth-order valence-corrected chi connectivity index (χ4v) is 7.58. The molecule has 8 unspecified atom stereocenters. The van der Waals surface area contributed by atoms with Gasteiger partial charge in [0.05, 0.1) is 36.8 Å². The molecule has 0 bridgehead atoms. The number of rotatable bonds is 20. The lowest BCUT2D eigenvalue weighted by molar-refractivity contribution is -0.147. The summed E-state index contributed by atoms with van der Waals surface area (Å²) in [4.78, 5) is 56.6. The third-order valence-electron chi connectivity index (χ3n) is 10.4. The number of methoxy groups -OCH3 is 2. The third-order valence-corrected chi connectivity index (χ3v) is 10.4. The second-order valence-electron chi connectivity index (χ2n) is 15.8. The van der Waals surface area contributed by atoms with Crippen LogP contribution >= 0.6 is 0 Å². The van der Waals surface area contributed by atoms with Crippen LogP contribution in [0.5, 0.6) is 0 Å². The lowest BCUT2D eigenvalue weighted by atomic mass is 9.89. The molecule has 2 rings (SSSR count). The quantitative estimate of drug-likeness (QED) is 0.156. The van der Waals surface area contributed by atoms with E-state index >= 15 is 0 Å². The van der Waals surface area contributed by atoms with Crippen LogP contribution in [0.15, 0.2) is 30.3 Å². The van der Waals surface area contributed by atoms with Crippen molar-refractivity contribution in [1.82, 2.24) is 25.3 Å². The van der Waals surface area contributed by atoms with Crippen LogP contribution in [-0.4, -0.2) is 123 Å². The molecule has 0 spiro atoms. The van der Waals surface area contributed by atoms with E-state index in [2.05, 4.69) is 50.5 Å². The van der Waals surface area contributed by atoms with Crippen molar-refractivity contribution in [2.45, 2.75) is 151 Å². The zero-order valence-electron chi connectivity index (χ0n) is 36.8. The van der Waals surface area contributed by atoms with E-state index in [4.69, 9.17) is 9.47 Å². The lowest BCUT2D eigenvalue weighted by Gasteiger charge is -2.41. The van der Waals surface area contributed by atoms with Crippen LogP contribution in [0.25, 0.3) is 0 Å². The Kier molecular flexibility index (Phi) is 25.2. The summed E-state index contributed by atoms with van der Waals surface area (Å²) in [5, 5.41) is 5.76. The number of carbonyl (C=O) groups is 4.